The zero-order valence-corrected chi connectivity index (χ0v) is 10.4. The second kappa shape index (κ2) is 5.00. The molecule has 0 fully saturated rings. The van der Waals surface area contributed by atoms with Crippen molar-refractivity contribution in [3.63, 3.8) is 0 Å². The van der Waals surface area contributed by atoms with Gasteiger partial charge in [0.1, 0.15) is 17.8 Å². The summed E-state index contributed by atoms with van der Waals surface area (Å²) in [5.74, 6) is -0.346. The van der Waals surface area contributed by atoms with E-state index in [2.05, 4.69) is 10.1 Å². The van der Waals surface area contributed by atoms with Gasteiger partial charge in [0.05, 0.1) is 5.69 Å². The molecule has 0 unspecified atom stereocenters. The molecule has 3 aromatic rings. The molecule has 0 aliphatic heterocycles. The lowest BCUT2D eigenvalue weighted by molar-refractivity contribution is 0.440. The summed E-state index contributed by atoms with van der Waals surface area (Å²) in [4.78, 5) is 4.01. The Hall–Kier alpha value is -2.89. The van der Waals surface area contributed by atoms with E-state index in [0.717, 1.165) is 5.69 Å². The predicted octanol–water partition coefficient (Wildman–Crippen LogP) is 2.78. The van der Waals surface area contributed by atoms with Crippen molar-refractivity contribution in [2.45, 2.75) is 0 Å². The zero-order valence-electron chi connectivity index (χ0n) is 10.4. The first kappa shape index (κ1) is 12.2. The Morgan fingerprint density at radius 1 is 1.05 bits per heavy atom. The highest BCUT2D eigenvalue weighted by molar-refractivity contribution is 5.54. The van der Waals surface area contributed by atoms with Gasteiger partial charge in [-0.1, -0.05) is 24.3 Å². The number of rotatable bonds is 3. The number of anilines is 1. The van der Waals surface area contributed by atoms with Crippen molar-refractivity contribution in [2.24, 2.45) is 0 Å². The van der Waals surface area contributed by atoms with E-state index in [4.69, 9.17) is 10.5 Å². The summed E-state index contributed by atoms with van der Waals surface area (Å²) in [5, 5.41) is 4.15. The third-order valence-electron chi connectivity index (χ3n) is 2.71. The zero-order chi connectivity index (χ0) is 13.9. The minimum Gasteiger partial charge on any atom is -0.421 e. The number of hydrogen-bond acceptors (Lipinski definition) is 4. The molecule has 6 heteroatoms. The molecule has 1 heterocycles. The Bertz CT molecular complexity index is 727. The molecule has 0 aliphatic carbocycles. The van der Waals surface area contributed by atoms with Gasteiger partial charge in [0.15, 0.2) is 5.75 Å². The van der Waals surface area contributed by atoms with Gasteiger partial charge in [0, 0.05) is 0 Å². The molecule has 2 aromatic carbocycles. The van der Waals surface area contributed by atoms with Crippen molar-refractivity contribution >= 4 is 5.69 Å². The number of nitrogen functional groups attached to an aromatic ring is 1. The van der Waals surface area contributed by atoms with Crippen LogP contribution in [0.4, 0.5) is 10.1 Å². The molecule has 20 heavy (non-hydrogen) atoms. The number of aromatic nitrogens is 3. The van der Waals surface area contributed by atoms with Gasteiger partial charge in [-0.3, -0.25) is 0 Å². The second-order valence-corrected chi connectivity index (χ2v) is 4.06. The summed E-state index contributed by atoms with van der Waals surface area (Å²) >= 11 is 0. The SMILES string of the molecule is Nc1c(F)cccc1Oc1ncn(-c2ccccc2)n1. The van der Waals surface area contributed by atoms with E-state index in [9.17, 15) is 4.39 Å². The lowest BCUT2D eigenvalue weighted by Crippen LogP contribution is -1.97. The number of ether oxygens (including phenoxy) is 1. The van der Waals surface area contributed by atoms with Crippen LogP contribution >= 0.6 is 0 Å². The molecule has 0 atom stereocenters. The minimum atomic E-state index is -0.537. The predicted molar refractivity (Wildman–Crippen MR) is 72.2 cm³/mol. The lowest BCUT2D eigenvalue weighted by Gasteiger charge is -2.04. The van der Waals surface area contributed by atoms with Crippen LogP contribution in [0.25, 0.3) is 5.69 Å². The van der Waals surface area contributed by atoms with Gasteiger partial charge in [0.25, 0.3) is 0 Å². The van der Waals surface area contributed by atoms with E-state index in [-0.39, 0.29) is 17.4 Å². The smallest absolute Gasteiger partial charge is 0.341 e. The summed E-state index contributed by atoms with van der Waals surface area (Å²) in [6.07, 6.45) is 1.51. The van der Waals surface area contributed by atoms with Crippen LogP contribution in [0.1, 0.15) is 0 Å². The molecule has 0 aliphatic rings. The van der Waals surface area contributed by atoms with Crippen molar-refractivity contribution in [3.8, 4) is 17.4 Å². The van der Waals surface area contributed by atoms with Crippen LogP contribution in [0, 0.1) is 5.82 Å². The highest BCUT2D eigenvalue weighted by Gasteiger charge is 2.10. The first-order valence-corrected chi connectivity index (χ1v) is 5.93. The molecule has 0 spiro atoms. The Morgan fingerprint density at radius 3 is 2.65 bits per heavy atom. The van der Waals surface area contributed by atoms with Crippen LogP contribution in [-0.4, -0.2) is 14.8 Å². The van der Waals surface area contributed by atoms with Crippen molar-refractivity contribution in [1.29, 1.82) is 0 Å². The molecule has 0 bridgehead atoms. The topological polar surface area (TPSA) is 66.0 Å². The van der Waals surface area contributed by atoms with Crippen molar-refractivity contribution in [2.75, 3.05) is 5.73 Å². The number of halogens is 1. The fourth-order valence-electron chi connectivity index (χ4n) is 1.70. The molecule has 5 nitrogen and oxygen atoms in total. The number of benzene rings is 2. The minimum absolute atomic E-state index is 0.0661. The molecule has 0 amide bonds. The highest BCUT2D eigenvalue weighted by atomic mass is 19.1. The van der Waals surface area contributed by atoms with E-state index in [1.54, 1.807) is 10.7 Å². The molecular weight excluding hydrogens is 259 g/mol. The van der Waals surface area contributed by atoms with E-state index in [1.165, 1.54) is 18.5 Å². The summed E-state index contributed by atoms with van der Waals surface area (Å²) in [5.41, 5.74) is 6.37. The number of nitrogens with zero attached hydrogens (tertiary/aromatic N) is 3. The van der Waals surface area contributed by atoms with Crippen LogP contribution in [0.15, 0.2) is 54.9 Å². The Kier molecular flexibility index (Phi) is 3.04. The largest absolute Gasteiger partial charge is 0.421 e. The van der Waals surface area contributed by atoms with Crippen LogP contribution in [0.3, 0.4) is 0 Å². The van der Waals surface area contributed by atoms with E-state index in [0.29, 0.717) is 0 Å². The maximum atomic E-state index is 13.3. The summed E-state index contributed by atoms with van der Waals surface area (Å²) in [6, 6.07) is 13.9. The lowest BCUT2D eigenvalue weighted by atomic mass is 10.3. The normalized spacial score (nSPS) is 10.4. The molecule has 1 aromatic heterocycles. The van der Waals surface area contributed by atoms with Gasteiger partial charge < -0.3 is 10.5 Å². The molecule has 0 radical (unpaired) electrons. The fourth-order valence-corrected chi connectivity index (χ4v) is 1.70. The molecule has 0 saturated heterocycles. The fraction of sp³-hybridized carbons (Fsp3) is 0. The van der Waals surface area contributed by atoms with Crippen LogP contribution in [0.2, 0.25) is 0 Å². The third-order valence-corrected chi connectivity index (χ3v) is 2.71. The average Bonchev–Trinajstić information content (AvgIpc) is 2.93. The first-order chi connectivity index (χ1) is 9.74. The quantitative estimate of drug-likeness (QED) is 0.743. The Balaban J connectivity index is 1.86. The molecule has 2 N–H and O–H groups in total. The van der Waals surface area contributed by atoms with Crippen LogP contribution < -0.4 is 10.5 Å². The maximum Gasteiger partial charge on any atom is 0.341 e. The van der Waals surface area contributed by atoms with Gasteiger partial charge in [-0.2, -0.15) is 4.98 Å². The number of para-hydroxylation sites is 2. The number of hydrogen-bond donors (Lipinski definition) is 1. The van der Waals surface area contributed by atoms with E-state index < -0.39 is 5.82 Å². The second-order valence-electron chi connectivity index (χ2n) is 4.06. The Morgan fingerprint density at radius 2 is 1.85 bits per heavy atom. The van der Waals surface area contributed by atoms with E-state index in [1.807, 2.05) is 30.3 Å². The highest BCUT2D eigenvalue weighted by Crippen LogP contribution is 2.27. The average molecular weight is 270 g/mol. The summed E-state index contributed by atoms with van der Waals surface area (Å²) in [6.45, 7) is 0. The van der Waals surface area contributed by atoms with Crippen molar-refractivity contribution in [1.82, 2.24) is 14.8 Å². The molecule has 0 saturated carbocycles. The van der Waals surface area contributed by atoms with Gasteiger partial charge >= 0.3 is 6.01 Å². The standard InChI is InChI=1S/C14H11FN4O/c15-11-7-4-8-12(13(11)16)20-14-17-9-19(18-14)10-5-2-1-3-6-10/h1-9H,16H2. The Labute approximate surface area is 114 Å². The van der Waals surface area contributed by atoms with E-state index >= 15 is 0 Å². The van der Waals surface area contributed by atoms with Crippen molar-refractivity contribution in [3.05, 3.63) is 60.7 Å². The van der Waals surface area contributed by atoms with Gasteiger partial charge in [-0.25, -0.2) is 9.07 Å². The van der Waals surface area contributed by atoms with Gasteiger partial charge in [-0.05, 0) is 24.3 Å². The third kappa shape index (κ3) is 2.31. The summed E-state index contributed by atoms with van der Waals surface area (Å²) in [7, 11) is 0. The maximum absolute atomic E-state index is 13.3. The first-order valence-electron chi connectivity index (χ1n) is 5.93. The molecule has 3 rings (SSSR count). The number of nitrogens with two attached hydrogens (primary N) is 1. The molecular formula is C14H11FN4O. The van der Waals surface area contributed by atoms with Crippen LogP contribution in [-0.2, 0) is 0 Å². The molecule has 100 valence electrons. The monoisotopic (exact) mass is 270 g/mol. The van der Waals surface area contributed by atoms with Gasteiger partial charge in [0.2, 0.25) is 0 Å². The van der Waals surface area contributed by atoms with Gasteiger partial charge in [-0.15, -0.1) is 5.10 Å². The summed E-state index contributed by atoms with van der Waals surface area (Å²) < 4.78 is 20.2. The van der Waals surface area contributed by atoms with Crippen LogP contribution in [0.5, 0.6) is 11.8 Å². The van der Waals surface area contributed by atoms with Crippen molar-refractivity contribution < 1.29 is 9.13 Å².